The molecule has 0 unspecified atom stereocenters. The average molecular weight is 337 g/mol. The molecule has 5 nitrogen and oxygen atoms in total. The number of aromatic hydroxyl groups is 4. The molecule has 0 saturated carbocycles. The number of hydrogen-bond donors (Lipinski definition) is 5. The van der Waals surface area contributed by atoms with E-state index in [1.807, 2.05) is 36.4 Å². The summed E-state index contributed by atoms with van der Waals surface area (Å²) in [6.45, 7) is 0. The van der Waals surface area contributed by atoms with E-state index in [0.29, 0.717) is 15.5 Å². The molecule has 5 N–H and O–H groups in total. The first-order valence-electron chi connectivity index (χ1n) is 7.29. The number of para-hydroxylation sites is 1. The molecule has 0 aliphatic carbocycles. The van der Waals surface area contributed by atoms with Crippen LogP contribution < -0.4 is 0 Å². The van der Waals surface area contributed by atoms with Crippen molar-refractivity contribution in [3.63, 3.8) is 0 Å². The van der Waals surface area contributed by atoms with Crippen molar-refractivity contribution in [3.8, 4) is 23.0 Å². The quantitative estimate of drug-likeness (QED) is 0.212. The van der Waals surface area contributed by atoms with Gasteiger partial charge in [-0.3, -0.25) is 0 Å². The van der Waals surface area contributed by atoms with Crippen molar-refractivity contribution in [1.29, 1.82) is 0 Å². The number of H-pyrrole nitrogens is 1. The summed E-state index contributed by atoms with van der Waals surface area (Å²) in [4.78, 5) is 3.37. The van der Waals surface area contributed by atoms with E-state index in [4.69, 9.17) is 0 Å². The molecule has 0 spiro atoms. The molecule has 2 heterocycles. The fraction of sp³-hybridized carbons (Fsp3) is 0. The van der Waals surface area contributed by atoms with Gasteiger partial charge in [0.15, 0.2) is 11.5 Å². The van der Waals surface area contributed by atoms with Crippen LogP contribution in [0.15, 0.2) is 36.4 Å². The molecule has 24 heavy (non-hydrogen) atoms. The van der Waals surface area contributed by atoms with Gasteiger partial charge in [0.25, 0.3) is 0 Å². The van der Waals surface area contributed by atoms with Gasteiger partial charge in [0, 0.05) is 21.7 Å². The van der Waals surface area contributed by atoms with Gasteiger partial charge >= 0.3 is 0 Å². The Morgan fingerprint density at radius 1 is 0.667 bits per heavy atom. The normalized spacial score (nSPS) is 12.0. The lowest BCUT2D eigenvalue weighted by atomic mass is 10.1. The highest BCUT2D eigenvalue weighted by atomic mass is 32.1. The van der Waals surface area contributed by atoms with E-state index in [-0.39, 0.29) is 0 Å². The Morgan fingerprint density at radius 3 is 2.21 bits per heavy atom. The highest BCUT2D eigenvalue weighted by Crippen LogP contribution is 2.54. The molecule has 0 amide bonds. The third-order valence-electron chi connectivity index (χ3n) is 4.46. The number of benzene rings is 3. The predicted octanol–water partition coefficient (Wildman–Crippen LogP) is 4.51. The molecular formula is C18H11NO4S. The van der Waals surface area contributed by atoms with Crippen LogP contribution in [0.1, 0.15) is 0 Å². The topological polar surface area (TPSA) is 96.7 Å². The number of fused-ring (bicyclic) bond motifs is 7. The maximum absolute atomic E-state index is 10.2. The predicted molar refractivity (Wildman–Crippen MR) is 95.4 cm³/mol. The first-order chi connectivity index (χ1) is 11.6. The Labute approximate surface area is 138 Å². The van der Waals surface area contributed by atoms with Crippen LogP contribution in [0.25, 0.3) is 42.0 Å². The van der Waals surface area contributed by atoms with Crippen molar-refractivity contribution in [2.45, 2.75) is 0 Å². The van der Waals surface area contributed by atoms with Crippen LogP contribution in [-0.4, -0.2) is 25.4 Å². The molecule has 5 rings (SSSR count). The van der Waals surface area contributed by atoms with Crippen molar-refractivity contribution in [2.75, 3.05) is 0 Å². The Bertz CT molecular complexity index is 1300. The zero-order chi connectivity index (χ0) is 16.6. The van der Waals surface area contributed by atoms with Gasteiger partial charge in [-0.05, 0) is 6.07 Å². The second kappa shape index (κ2) is 4.24. The Morgan fingerprint density at radius 2 is 1.38 bits per heavy atom. The second-order valence-corrected chi connectivity index (χ2v) is 6.76. The first-order valence-corrected chi connectivity index (χ1v) is 8.11. The molecule has 3 aromatic carbocycles. The zero-order valence-corrected chi connectivity index (χ0v) is 13.0. The van der Waals surface area contributed by atoms with Gasteiger partial charge in [0.05, 0.1) is 20.3 Å². The maximum Gasteiger partial charge on any atom is 0.205 e. The fourth-order valence-corrected chi connectivity index (χ4v) is 4.57. The molecule has 2 aromatic heterocycles. The summed E-state index contributed by atoms with van der Waals surface area (Å²) in [7, 11) is 0. The first kappa shape index (κ1) is 13.3. The SMILES string of the molecule is Oc1c(O)c(O)c2c(sc3c2ccc2c4ccccc4[nH]c23)c1O. The third-order valence-corrected chi connectivity index (χ3v) is 5.69. The molecule has 0 aliphatic heterocycles. The molecule has 5 aromatic rings. The molecule has 118 valence electrons. The number of phenols is 4. The number of thiophene rings is 1. The van der Waals surface area contributed by atoms with Gasteiger partial charge in [0.2, 0.25) is 11.5 Å². The van der Waals surface area contributed by atoms with Gasteiger partial charge in [-0.15, -0.1) is 11.3 Å². The van der Waals surface area contributed by atoms with Crippen LogP contribution in [0.4, 0.5) is 0 Å². The highest BCUT2D eigenvalue weighted by molar-refractivity contribution is 7.27. The zero-order valence-electron chi connectivity index (χ0n) is 12.2. The van der Waals surface area contributed by atoms with Crippen molar-refractivity contribution in [1.82, 2.24) is 4.98 Å². The van der Waals surface area contributed by atoms with Gasteiger partial charge in [0.1, 0.15) is 0 Å². The van der Waals surface area contributed by atoms with E-state index in [1.54, 1.807) is 0 Å². The lowest BCUT2D eigenvalue weighted by molar-refractivity contribution is 0.351. The lowest BCUT2D eigenvalue weighted by Crippen LogP contribution is -1.76. The molecule has 0 bridgehead atoms. The summed E-state index contributed by atoms with van der Waals surface area (Å²) in [5, 5.41) is 43.2. The van der Waals surface area contributed by atoms with E-state index in [9.17, 15) is 20.4 Å². The molecule has 0 atom stereocenters. The third kappa shape index (κ3) is 1.43. The van der Waals surface area contributed by atoms with Crippen molar-refractivity contribution in [3.05, 3.63) is 36.4 Å². The average Bonchev–Trinajstić information content (AvgIpc) is 3.16. The fourth-order valence-electron chi connectivity index (χ4n) is 3.32. The van der Waals surface area contributed by atoms with E-state index in [0.717, 1.165) is 26.5 Å². The molecular weight excluding hydrogens is 326 g/mol. The van der Waals surface area contributed by atoms with Crippen molar-refractivity contribution >= 4 is 53.3 Å². The molecule has 0 radical (unpaired) electrons. The minimum Gasteiger partial charge on any atom is -0.504 e. The number of nitrogens with one attached hydrogen (secondary N) is 1. The summed E-state index contributed by atoms with van der Waals surface area (Å²) >= 11 is 1.26. The summed E-state index contributed by atoms with van der Waals surface area (Å²) in [6, 6.07) is 11.7. The summed E-state index contributed by atoms with van der Waals surface area (Å²) in [5.41, 5.74) is 1.89. The minimum absolute atomic E-state index is 0.336. The standard InChI is InChI=1S/C18H11NO4S/c20-13-11-9-6-5-8-7-3-1-2-4-10(7)19-12(8)17(9)24-18(11)16(23)15(22)14(13)21/h1-6,19-23H. The second-order valence-electron chi connectivity index (χ2n) is 5.74. The largest absolute Gasteiger partial charge is 0.504 e. The van der Waals surface area contributed by atoms with Crippen molar-refractivity contribution in [2.24, 2.45) is 0 Å². The van der Waals surface area contributed by atoms with E-state index < -0.39 is 23.0 Å². The summed E-state index contributed by atoms with van der Waals surface area (Å²) in [6.07, 6.45) is 0. The van der Waals surface area contributed by atoms with Crippen LogP contribution in [0.2, 0.25) is 0 Å². The Balaban J connectivity index is 2.08. The van der Waals surface area contributed by atoms with Gasteiger partial charge < -0.3 is 25.4 Å². The van der Waals surface area contributed by atoms with Crippen LogP contribution in [0, 0.1) is 0 Å². The number of aromatic amines is 1. The maximum atomic E-state index is 10.2. The Hall–Kier alpha value is -3.12. The van der Waals surface area contributed by atoms with Crippen LogP contribution >= 0.6 is 11.3 Å². The molecule has 0 fully saturated rings. The van der Waals surface area contributed by atoms with E-state index in [1.165, 1.54) is 11.3 Å². The van der Waals surface area contributed by atoms with Gasteiger partial charge in [-0.2, -0.15) is 0 Å². The number of phenolic OH excluding ortho intramolecular Hbond substituents is 4. The number of rotatable bonds is 0. The highest BCUT2D eigenvalue weighted by Gasteiger charge is 2.23. The lowest BCUT2D eigenvalue weighted by Gasteiger charge is -2.05. The summed E-state index contributed by atoms with van der Waals surface area (Å²) in [5.74, 6) is -2.27. The monoisotopic (exact) mass is 337 g/mol. The van der Waals surface area contributed by atoms with Crippen molar-refractivity contribution < 1.29 is 20.4 Å². The molecule has 6 heteroatoms. The molecule has 0 saturated heterocycles. The minimum atomic E-state index is -0.712. The van der Waals surface area contributed by atoms with Crippen LogP contribution in [0.3, 0.4) is 0 Å². The van der Waals surface area contributed by atoms with Gasteiger partial charge in [-0.1, -0.05) is 30.3 Å². The van der Waals surface area contributed by atoms with Crippen LogP contribution in [0.5, 0.6) is 23.0 Å². The van der Waals surface area contributed by atoms with Gasteiger partial charge in [-0.25, -0.2) is 0 Å². The smallest absolute Gasteiger partial charge is 0.205 e. The number of aromatic nitrogens is 1. The number of hydrogen-bond acceptors (Lipinski definition) is 5. The Kier molecular flexibility index (Phi) is 2.36. The van der Waals surface area contributed by atoms with E-state index >= 15 is 0 Å². The molecule has 0 aliphatic rings. The van der Waals surface area contributed by atoms with Crippen LogP contribution in [-0.2, 0) is 0 Å². The van der Waals surface area contributed by atoms with E-state index in [2.05, 4.69) is 4.98 Å². The summed E-state index contributed by atoms with van der Waals surface area (Å²) < 4.78 is 1.18.